The van der Waals surface area contributed by atoms with Crippen LogP contribution in [0.5, 0.6) is 0 Å². The molecule has 4 nitrogen and oxygen atoms in total. The van der Waals surface area contributed by atoms with E-state index in [1.54, 1.807) is 38.1 Å². The van der Waals surface area contributed by atoms with Crippen LogP contribution in [0, 0.1) is 19.7 Å². The van der Waals surface area contributed by atoms with Gasteiger partial charge < -0.3 is 5.73 Å². The Bertz CT molecular complexity index is 773. The molecule has 21 heavy (non-hydrogen) atoms. The van der Waals surface area contributed by atoms with Crippen molar-refractivity contribution in [3.63, 3.8) is 0 Å². The minimum Gasteiger partial charge on any atom is -0.397 e. The maximum absolute atomic E-state index is 13.5. The molecule has 0 aliphatic carbocycles. The van der Waals surface area contributed by atoms with Crippen molar-refractivity contribution in [2.45, 2.75) is 25.3 Å². The number of nitrogens with two attached hydrogens (primary N) is 1. The van der Waals surface area contributed by atoms with Crippen LogP contribution in [-0.4, -0.2) is 8.42 Å². The lowest BCUT2D eigenvalue weighted by molar-refractivity contribution is 0.574. The summed E-state index contributed by atoms with van der Waals surface area (Å²) >= 11 is 0. The van der Waals surface area contributed by atoms with Crippen molar-refractivity contribution in [2.24, 2.45) is 0 Å². The van der Waals surface area contributed by atoms with Gasteiger partial charge in [0.05, 0.1) is 5.69 Å². The van der Waals surface area contributed by atoms with E-state index in [2.05, 4.69) is 4.72 Å². The lowest BCUT2D eigenvalue weighted by Crippen LogP contribution is -2.25. The lowest BCUT2D eigenvalue weighted by atomic mass is 10.1. The standard InChI is InChI=1S/C15H17FN2O2S/c1-10-7-8-11(2)15(14(10)17)21(19,20)18-9-12-5-3-4-6-13(12)16/h3-8,18H,9,17H2,1-2H3. The Morgan fingerprint density at radius 2 is 1.71 bits per heavy atom. The van der Waals surface area contributed by atoms with Gasteiger partial charge in [-0.15, -0.1) is 0 Å². The van der Waals surface area contributed by atoms with Gasteiger partial charge in [-0.25, -0.2) is 17.5 Å². The summed E-state index contributed by atoms with van der Waals surface area (Å²) in [6.45, 7) is 3.29. The van der Waals surface area contributed by atoms with Gasteiger partial charge in [0.25, 0.3) is 0 Å². The molecule has 0 unspecified atom stereocenters. The topological polar surface area (TPSA) is 72.2 Å². The summed E-state index contributed by atoms with van der Waals surface area (Å²) in [6.07, 6.45) is 0. The summed E-state index contributed by atoms with van der Waals surface area (Å²) in [6, 6.07) is 9.49. The predicted molar refractivity (Wildman–Crippen MR) is 80.8 cm³/mol. The number of sulfonamides is 1. The third-order valence-corrected chi connectivity index (χ3v) is 4.89. The van der Waals surface area contributed by atoms with Crippen molar-refractivity contribution >= 4 is 15.7 Å². The molecule has 0 radical (unpaired) electrons. The van der Waals surface area contributed by atoms with Crippen molar-refractivity contribution < 1.29 is 12.8 Å². The van der Waals surface area contributed by atoms with E-state index in [4.69, 9.17) is 5.73 Å². The molecule has 0 aliphatic heterocycles. The SMILES string of the molecule is Cc1ccc(C)c(S(=O)(=O)NCc2ccccc2F)c1N. The van der Waals surface area contributed by atoms with Gasteiger partial charge in [0.15, 0.2) is 0 Å². The van der Waals surface area contributed by atoms with Crippen LogP contribution in [0.15, 0.2) is 41.3 Å². The van der Waals surface area contributed by atoms with Crippen LogP contribution in [0.1, 0.15) is 16.7 Å². The molecule has 0 spiro atoms. The number of anilines is 1. The monoisotopic (exact) mass is 308 g/mol. The first kappa shape index (κ1) is 15.5. The third kappa shape index (κ3) is 3.22. The van der Waals surface area contributed by atoms with E-state index in [1.165, 1.54) is 12.1 Å². The Morgan fingerprint density at radius 3 is 2.38 bits per heavy atom. The van der Waals surface area contributed by atoms with E-state index in [1.807, 2.05) is 0 Å². The normalized spacial score (nSPS) is 11.6. The van der Waals surface area contributed by atoms with Crippen molar-refractivity contribution in [1.29, 1.82) is 0 Å². The van der Waals surface area contributed by atoms with Crippen LogP contribution in [0.4, 0.5) is 10.1 Å². The van der Waals surface area contributed by atoms with E-state index in [-0.39, 0.29) is 22.7 Å². The fourth-order valence-corrected chi connectivity index (χ4v) is 3.48. The van der Waals surface area contributed by atoms with Gasteiger partial charge in [-0.05, 0) is 31.0 Å². The first-order valence-corrected chi connectivity index (χ1v) is 7.90. The number of benzene rings is 2. The number of aryl methyl sites for hydroxylation is 2. The van der Waals surface area contributed by atoms with Gasteiger partial charge >= 0.3 is 0 Å². The molecule has 112 valence electrons. The highest BCUT2D eigenvalue weighted by Gasteiger charge is 2.21. The van der Waals surface area contributed by atoms with E-state index in [9.17, 15) is 12.8 Å². The number of nitrogens with one attached hydrogen (secondary N) is 1. The Morgan fingerprint density at radius 1 is 1.10 bits per heavy atom. The largest absolute Gasteiger partial charge is 0.397 e. The molecule has 2 aromatic carbocycles. The summed E-state index contributed by atoms with van der Waals surface area (Å²) in [5, 5.41) is 0. The minimum atomic E-state index is -3.80. The molecule has 0 aromatic heterocycles. The van der Waals surface area contributed by atoms with E-state index >= 15 is 0 Å². The molecule has 6 heteroatoms. The Balaban J connectivity index is 2.32. The van der Waals surface area contributed by atoms with E-state index < -0.39 is 15.8 Å². The van der Waals surface area contributed by atoms with E-state index in [0.717, 1.165) is 0 Å². The average Bonchev–Trinajstić information content (AvgIpc) is 2.42. The van der Waals surface area contributed by atoms with Gasteiger partial charge in [-0.1, -0.05) is 30.3 Å². The van der Waals surface area contributed by atoms with Gasteiger partial charge in [0, 0.05) is 12.1 Å². The van der Waals surface area contributed by atoms with Crippen LogP contribution in [0.25, 0.3) is 0 Å². The summed E-state index contributed by atoms with van der Waals surface area (Å²) in [7, 11) is -3.80. The summed E-state index contributed by atoms with van der Waals surface area (Å²) in [5.41, 5.74) is 7.62. The summed E-state index contributed by atoms with van der Waals surface area (Å²) in [5.74, 6) is -0.450. The zero-order valence-corrected chi connectivity index (χ0v) is 12.7. The minimum absolute atomic E-state index is 0.0545. The summed E-state index contributed by atoms with van der Waals surface area (Å²) < 4.78 is 40.7. The fourth-order valence-electron chi connectivity index (χ4n) is 2.05. The van der Waals surface area contributed by atoms with Crippen molar-refractivity contribution in [3.8, 4) is 0 Å². The van der Waals surface area contributed by atoms with Crippen molar-refractivity contribution in [1.82, 2.24) is 4.72 Å². The number of rotatable bonds is 4. The molecule has 0 saturated heterocycles. The quantitative estimate of drug-likeness (QED) is 0.852. The maximum Gasteiger partial charge on any atom is 0.243 e. The highest BCUT2D eigenvalue weighted by molar-refractivity contribution is 7.89. The zero-order valence-electron chi connectivity index (χ0n) is 11.9. The molecule has 3 N–H and O–H groups in total. The Kier molecular flexibility index (Phi) is 4.29. The highest BCUT2D eigenvalue weighted by atomic mass is 32.2. The maximum atomic E-state index is 13.5. The predicted octanol–water partition coefficient (Wildman–Crippen LogP) is 2.50. The lowest BCUT2D eigenvalue weighted by Gasteiger charge is -2.13. The molecule has 0 heterocycles. The molecular weight excluding hydrogens is 291 g/mol. The molecule has 0 saturated carbocycles. The molecular formula is C15H17FN2O2S. The second kappa shape index (κ2) is 5.83. The van der Waals surface area contributed by atoms with Gasteiger partial charge in [-0.3, -0.25) is 0 Å². The first-order chi connectivity index (χ1) is 9.83. The number of nitrogen functional groups attached to an aromatic ring is 1. The zero-order chi connectivity index (χ0) is 15.6. The van der Waals surface area contributed by atoms with Crippen LogP contribution < -0.4 is 10.5 Å². The molecule has 2 aromatic rings. The van der Waals surface area contributed by atoms with Crippen LogP contribution >= 0.6 is 0 Å². The van der Waals surface area contributed by atoms with Crippen LogP contribution in [0.2, 0.25) is 0 Å². The molecule has 2 rings (SSSR count). The number of hydrogen-bond acceptors (Lipinski definition) is 3. The number of halogens is 1. The smallest absolute Gasteiger partial charge is 0.243 e. The second-order valence-corrected chi connectivity index (χ2v) is 6.56. The Hall–Kier alpha value is -1.92. The van der Waals surface area contributed by atoms with Crippen molar-refractivity contribution in [2.75, 3.05) is 5.73 Å². The summed E-state index contributed by atoms with van der Waals surface area (Å²) in [4.78, 5) is 0.0545. The van der Waals surface area contributed by atoms with Crippen LogP contribution in [-0.2, 0) is 16.6 Å². The molecule has 0 fully saturated rings. The molecule has 0 atom stereocenters. The van der Waals surface area contributed by atoms with Crippen molar-refractivity contribution in [3.05, 3.63) is 58.9 Å². The van der Waals surface area contributed by atoms with E-state index in [0.29, 0.717) is 11.1 Å². The molecule has 0 bridgehead atoms. The third-order valence-electron chi connectivity index (χ3n) is 3.29. The van der Waals surface area contributed by atoms with Gasteiger partial charge in [0.1, 0.15) is 10.7 Å². The molecule has 0 amide bonds. The second-order valence-electron chi connectivity index (χ2n) is 4.86. The van der Waals surface area contributed by atoms with Gasteiger partial charge in [-0.2, -0.15) is 0 Å². The fraction of sp³-hybridized carbons (Fsp3) is 0.200. The Labute approximate surface area is 123 Å². The average molecular weight is 308 g/mol. The number of hydrogen-bond donors (Lipinski definition) is 2. The highest BCUT2D eigenvalue weighted by Crippen LogP contribution is 2.25. The van der Waals surface area contributed by atoms with Crippen LogP contribution in [0.3, 0.4) is 0 Å². The molecule has 0 aliphatic rings. The van der Waals surface area contributed by atoms with Gasteiger partial charge in [0.2, 0.25) is 10.0 Å². The first-order valence-electron chi connectivity index (χ1n) is 6.41.